The number of methoxy groups -OCH3 is 1. The van der Waals surface area contributed by atoms with Gasteiger partial charge in [0.25, 0.3) is 5.91 Å². The van der Waals surface area contributed by atoms with Crippen LogP contribution in [0.4, 0.5) is 19.3 Å². The first-order valence-electron chi connectivity index (χ1n) is 8.86. The molecule has 0 spiro atoms. The fraction of sp³-hybridized carbons (Fsp3) is 0.238. The van der Waals surface area contributed by atoms with E-state index < -0.39 is 23.6 Å². The summed E-state index contributed by atoms with van der Waals surface area (Å²) >= 11 is 0. The summed E-state index contributed by atoms with van der Waals surface area (Å²) in [6.45, 7) is 1.63. The summed E-state index contributed by atoms with van der Waals surface area (Å²) in [5, 5.41) is 2.79. The molecule has 0 saturated heterocycles. The van der Waals surface area contributed by atoms with E-state index in [2.05, 4.69) is 5.32 Å². The number of ether oxygens (including phenoxy) is 1. The normalized spacial score (nSPS) is 16.9. The highest BCUT2D eigenvalue weighted by Crippen LogP contribution is 2.37. The second kappa shape index (κ2) is 7.90. The van der Waals surface area contributed by atoms with E-state index in [1.165, 1.54) is 30.0 Å². The fourth-order valence-electron chi connectivity index (χ4n) is 3.36. The molecule has 0 unspecified atom stereocenters. The lowest BCUT2D eigenvalue weighted by atomic mass is 9.92. The number of hydrogen-bond donors (Lipinski definition) is 1. The molecule has 1 aliphatic heterocycles. The van der Waals surface area contributed by atoms with Gasteiger partial charge in [-0.25, -0.2) is 13.6 Å². The number of hydrogen-bond acceptors (Lipinski definition) is 3. The van der Waals surface area contributed by atoms with Gasteiger partial charge in [-0.1, -0.05) is 18.2 Å². The summed E-state index contributed by atoms with van der Waals surface area (Å²) in [6, 6.07) is 8.98. The number of rotatable bonds is 4. The molecular weight excluding hydrogens is 380 g/mol. The van der Waals surface area contributed by atoms with Gasteiger partial charge in [-0.2, -0.15) is 0 Å². The van der Waals surface area contributed by atoms with Crippen molar-refractivity contribution < 1.29 is 23.1 Å². The summed E-state index contributed by atoms with van der Waals surface area (Å²) in [5.41, 5.74) is 1.39. The molecule has 1 N–H and O–H groups in total. The molecule has 8 heteroatoms. The lowest BCUT2D eigenvalue weighted by Crippen LogP contribution is -2.47. The molecule has 0 fully saturated rings. The van der Waals surface area contributed by atoms with Crippen LogP contribution in [0.25, 0.3) is 0 Å². The molecule has 0 saturated carbocycles. The van der Waals surface area contributed by atoms with Crippen molar-refractivity contribution in [3.8, 4) is 5.75 Å². The Balaban J connectivity index is 2.09. The third kappa shape index (κ3) is 3.65. The highest BCUT2D eigenvalue weighted by Gasteiger charge is 2.38. The molecule has 3 amide bonds. The molecule has 2 aromatic rings. The number of halogens is 2. The Morgan fingerprint density at radius 2 is 1.79 bits per heavy atom. The minimum absolute atomic E-state index is 0.242. The quantitative estimate of drug-likeness (QED) is 0.845. The predicted molar refractivity (Wildman–Crippen MR) is 104 cm³/mol. The average Bonchev–Trinajstić information content (AvgIpc) is 2.71. The first kappa shape index (κ1) is 20.3. The minimum atomic E-state index is -1.05. The topological polar surface area (TPSA) is 61.9 Å². The van der Waals surface area contributed by atoms with Gasteiger partial charge in [0.1, 0.15) is 5.75 Å². The summed E-state index contributed by atoms with van der Waals surface area (Å²) in [5.74, 6) is -2.06. The van der Waals surface area contributed by atoms with Crippen molar-refractivity contribution in [2.24, 2.45) is 0 Å². The Bertz CT molecular complexity index is 1010. The first-order chi connectivity index (χ1) is 13.8. The Hall–Kier alpha value is -3.42. The molecule has 3 rings (SSSR count). The number of nitrogens with one attached hydrogen (secondary N) is 1. The van der Waals surface area contributed by atoms with Crippen LogP contribution in [0.5, 0.6) is 5.75 Å². The van der Waals surface area contributed by atoms with Crippen LogP contribution in [0.2, 0.25) is 0 Å². The smallest absolute Gasteiger partial charge is 0.324 e. The maximum absolute atomic E-state index is 13.9. The largest absolute Gasteiger partial charge is 0.495 e. The van der Waals surface area contributed by atoms with Gasteiger partial charge in [-0.05, 0) is 36.8 Å². The number of carbonyl (C=O) groups excluding carboxylic acids is 2. The first-order valence-corrected chi connectivity index (χ1v) is 8.86. The van der Waals surface area contributed by atoms with Crippen LogP contribution in [-0.2, 0) is 4.79 Å². The second-order valence-electron chi connectivity index (χ2n) is 6.68. The van der Waals surface area contributed by atoms with Crippen molar-refractivity contribution in [3.63, 3.8) is 0 Å². The zero-order valence-corrected chi connectivity index (χ0v) is 16.5. The van der Waals surface area contributed by atoms with E-state index in [4.69, 9.17) is 4.74 Å². The molecule has 1 aliphatic rings. The van der Waals surface area contributed by atoms with Gasteiger partial charge in [0.15, 0.2) is 11.6 Å². The highest BCUT2D eigenvalue weighted by molar-refractivity contribution is 6.07. The number of nitrogens with zero attached hydrogens (tertiary/aromatic N) is 2. The van der Waals surface area contributed by atoms with Crippen molar-refractivity contribution in [1.29, 1.82) is 0 Å². The molecule has 0 bridgehead atoms. The van der Waals surface area contributed by atoms with E-state index in [0.29, 0.717) is 17.1 Å². The zero-order chi connectivity index (χ0) is 21.3. The monoisotopic (exact) mass is 401 g/mol. The van der Waals surface area contributed by atoms with E-state index in [9.17, 15) is 18.4 Å². The number of para-hydroxylation sites is 2. The van der Waals surface area contributed by atoms with Crippen molar-refractivity contribution in [1.82, 2.24) is 9.80 Å². The number of carbonyl (C=O) groups is 2. The zero-order valence-electron chi connectivity index (χ0n) is 16.5. The van der Waals surface area contributed by atoms with Crippen molar-refractivity contribution in [3.05, 3.63) is 70.9 Å². The molecule has 2 aromatic carbocycles. The van der Waals surface area contributed by atoms with E-state index in [1.807, 2.05) is 0 Å². The summed E-state index contributed by atoms with van der Waals surface area (Å²) in [7, 11) is 4.54. The van der Waals surface area contributed by atoms with Gasteiger partial charge in [0, 0.05) is 19.8 Å². The summed E-state index contributed by atoms with van der Waals surface area (Å²) in [4.78, 5) is 28.5. The molecule has 0 aliphatic carbocycles. The van der Waals surface area contributed by atoms with Gasteiger partial charge in [-0.3, -0.25) is 4.79 Å². The second-order valence-corrected chi connectivity index (χ2v) is 6.68. The molecule has 152 valence electrons. The minimum Gasteiger partial charge on any atom is -0.495 e. The fourth-order valence-corrected chi connectivity index (χ4v) is 3.36. The maximum atomic E-state index is 13.9. The number of amides is 3. The van der Waals surface area contributed by atoms with Crippen LogP contribution in [-0.4, -0.2) is 42.9 Å². The summed E-state index contributed by atoms with van der Waals surface area (Å²) < 4.78 is 32.6. The van der Waals surface area contributed by atoms with E-state index in [0.717, 1.165) is 12.1 Å². The van der Waals surface area contributed by atoms with Crippen LogP contribution in [0.3, 0.4) is 0 Å². The van der Waals surface area contributed by atoms with Crippen LogP contribution in [0.15, 0.2) is 53.7 Å². The molecule has 0 radical (unpaired) electrons. The maximum Gasteiger partial charge on any atom is 0.324 e. The summed E-state index contributed by atoms with van der Waals surface area (Å²) in [6.07, 6.45) is 0. The molecule has 6 nitrogen and oxygen atoms in total. The predicted octanol–water partition coefficient (Wildman–Crippen LogP) is 3.92. The van der Waals surface area contributed by atoms with Gasteiger partial charge in [0.05, 0.1) is 24.4 Å². The SMILES string of the molecule is COc1ccccc1NC(=O)C1=C(C)N(C)C(=O)N(C)[C@H]1c1ccc(F)c(F)c1. The number of allylic oxidation sites excluding steroid dienone is 1. The van der Waals surface area contributed by atoms with E-state index in [-0.39, 0.29) is 17.2 Å². The van der Waals surface area contributed by atoms with Crippen LogP contribution >= 0.6 is 0 Å². The highest BCUT2D eigenvalue weighted by atomic mass is 19.2. The van der Waals surface area contributed by atoms with Crippen LogP contribution in [0.1, 0.15) is 18.5 Å². The average molecular weight is 401 g/mol. The molecule has 1 heterocycles. The Morgan fingerprint density at radius 1 is 1.10 bits per heavy atom. The van der Waals surface area contributed by atoms with Crippen molar-refractivity contribution in [2.75, 3.05) is 26.5 Å². The van der Waals surface area contributed by atoms with Crippen molar-refractivity contribution >= 4 is 17.6 Å². The van der Waals surface area contributed by atoms with Gasteiger partial charge in [-0.15, -0.1) is 0 Å². The Kier molecular flexibility index (Phi) is 5.54. The van der Waals surface area contributed by atoms with Crippen LogP contribution in [0, 0.1) is 11.6 Å². The standard InChI is InChI=1S/C21H21F2N3O3/c1-12-18(20(27)24-16-7-5-6-8-17(16)29-4)19(26(3)21(28)25(12)2)13-9-10-14(22)15(23)11-13/h5-11,19H,1-4H3,(H,24,27)/t19-/m0/s1. The molecular formula is C21H21F2N3O3. The molecule has 29 heavy (non-hydrogen) atoms. The Morgan fingerprint density at radius 3 is 2.45 bits per heavy atom. The molecule has 0 aromatic heterocycles. The number of anilines is 1. The third-order valence-electron chi connectivity index (χ3n) is 5.00. The number of benzene rings is 2. The molecule has 1 atom stereocenters. The lowest BCUT2D eigenvalue weighted by Gasteiger charge is -2.39. The Labute approximate surface area is 167 Å². The van der Waals surface area contributed by atoms with Gasteiger partial charge < -0.3 is 19.9 Å². The lowest BCUT2D eigenvalue weighted by molar-refractivity contribution is -0.113. The van der Waals surface area contributed by atoms with Crippen LogP contribution < -0.4 is 10.1 Å². The van der Waals surface area contributed by atoms with Gasteiger partial charge >= 0.3 is 6.03 Å². The number of likely N-dealkylation sites (N-methyl/N-ethyl adjacent to an activating group) is 1. The van der Waals surface area contributed by atoms with E-state index >= 15 is 0 Å². The van der Waals surface area contributed by atoms with Gasteiger partial charge in [0.2, 0.25) is 0 Å². The van der Waals surface area contributed by atoms with Crippen molar-refractivity contribution in [2.45, 2.75) is 13.0 Å². The third-order valence-corrected chi connectivity index (χ3v) is 5.00. The van der Waals surface area contributed by atoms with E-state index in [1.54, 1.807) is 38.2 Å². The number of urea groups is 1.